The van der Waals surface area contributed by atoms with Crippen molar-refractivity contribution >= 4 is 17.7 Å². The molecule has 0 aromatic heterocycles. The molecule has 0 radical (unpaired) electrons. The lowest BCUT2D eigenvalue weighted by Crippen LogP contribution is -2.86. The Labute approximate surface area is 222 Å². The van der Waals surface area contributed by atoms with Gasteiger partial charge in [-0.1, -0.05) is 38.1 Å². The van der Waals surface area contributed by atoms with Crippen LogP contribution in [-0.2, 0) is 23.8 Å². The number of benzene rings is 1. The van der Waals surface area contributed by atoms with Crippen molar-refractivity contribution in [3.05, 3.63) is 47.5 Å². The van der Waals surface area contributed by atoms with Crippen LogP contribution in [0.15, 0.2) is 36.4 Å². The number of fused-ring (bicyclic) bond motifs is 2. The molecule has 8 nitrogen and oxygen atoms in total. The number of ether oxygens (including phenoxy) is 3. The minimum atomic E-state index is -2.28. The number of Topliss-reactive ketones (excluding diaryl/α,β-unsaturated/α-hetero) is 1. The lowest BCUT2D eigenvalue weighted by atomic mass is 9.35. The summed E-state index contributed by atoms with van der Waals surface area (Å²) in [5.74, 6) is -5.35. The Hall–Kier alpha value is -2.55. The van der Waals surface area contributed by atoms with E-state index in [9.17, 15) is 24.6 Å². The maximum Gasteiger partial charge on any atom is 0.338 e. The van der Waals surface area contributed by atoms with Crippen LogP contribution in [0.4, 0.5) is 0 Å². The zero-order chi connectivity index (χ0) is 27.4. The minimum absolute atomic E-state index is 0.0298. The zero-order valence-corrected chi connectivity index (χ0v) is 22.4. The quantitative estimate of drug-likeness (QED) is 0.457. The predicted molar refractivity (Wildman–Crippen MR) is 135 cm³/mol. The fourth-order valence-electron chi connectivity index (χ4n) is 9.26. The van der Waals surface area contributed by atoms with Crippen molar-refractivity contribution in [2.45, 2.75) is 77.5 Å². The first-order valence-corrected chi connectivity index (χ1v) is 13.5. The molecule has 2 heterocycles. The van der Waals surface area contributed by atoms with Crippen molar-refractivity contribution in [1.29, 1.82) is 0 Å². The predicted octanol–water partition coefficient (Wildman–Crippen LogP) is 3.12. The molecule has 1 aromatic carbocycles. The van der Waals surface area contributed by atoms with E-state index in [1.807, 2.05) is 20.8 Å². The van der Waals surface area contributed by atoms with E-state index in [0.717, 1.165) is 5.56 Å². The zero-order valence-electron chi connectivity index (χ0n) is 22.4. The van der Waals surface area contributed by atoms with E-state index in [4.69, 9.17) is 14.2 Å². The number of ketones is 1. The van der Waals surface area contributed by atoms with Crippen molar-refractivity contribution in [3.8, 4) is 0 Å². The summed E-state index contributed by atoms with van der Waals surface area (Å²) < 4.78 is 18.2. The standard InChI is InChI=1S/C30H36O8/c1-15-6-8-18(9-7-15)26(34)38-25-19-10-11-20-28-14-36-30(35,29(20,25)23(32)16(19)2)24(33)22(28)27(4,5)13-12-21(28)37-17(3)31/h6-9,19-22,24-25,33,35H,2,10-14H2,1,3-5H3/t19-,20-,21-,22+,24-,25+,28+,29-,30+/m0/s1. The maximum absolute atomic E-state index is 14.3. The number of hydrogen-bond donors (Lipinski definition) is 2. The van der Waals surface area contributed by atoms with Gasteiger partial charge in [0.2, 0.25) is 5.79 Å². The van der Waals surface area contributed by atoms with Crippen LogP contribution in [0.3, 0.4) is 0 Å². The van der Waals surface area contributed by atoms with Gasteiger partial charge in [0.25, 0.3) is 0 Å². The van der Waals surface area contributed by atoms with E-state index < -0.39 is 75.8 Å². The van der Waals surface area contributed by atoms with Gasteiger partial charge in [-0.05, 0) is 61.6 Å². The van der Waals surface area contributed by atoms with Crippen molar-refractivity contribution in [1.82, 2.24) is 0 Å². The van der Waals surface area contributed by atoms with Gasteiger partial charge in [-0.25, -0.2) is 4.79 Å². The molecule has 2 N–H and O–H groups in total. The van der Waals surface area contributed by atoms with Crippen LogP contribution in [0.25, 0.3) is 0 Å². The van der Waals surface area contributed by atoms with Crippen LogP contribution < -0.4 is 0 Å². The first kappa shape index (κ1) is 25.7. The van der Waals surface area contributed by atoms with Gasteiger partial charge >= 0.3 is 11.9 Å². The second kappa shape index (κ2) is 7.99. The molecule has 7 rings (SSSR count). The van der Waals surface area contributed by atoms with Gasteiger partial charge in [-0.2, -0.15) is 0 Å². The van der Waals surface area contributed by atoms with E-state index >= 15 is 0 Å². The third-order valence-electron chi connectivity index (χ3n) is 10.6. The SMILES string of the molecule is C=C1C(=O)[C@]23[C@H](OC(=O)c4ccc(C)cc4)[C@H]1CC[C@H]2[C@@]12CO[C@]3(O)[C@@H](O)[C@@H]1C(C)(C)CC[C@@H]2OC(C)=O. The van der Waals surface area contributed by atoms with Gasteiger partial charge in [0.05, 0.1) is 12.2 Å². The number of rotatable bonds is 3. The minimum Gasteiger partial charge on any atom is -0.462 e. The van der Waals surface area contributed by atoms with Gasteiger partial charge in [-0.15, -0.1) is 0 Å². The fourth-order valence-corrected chi connectivity index (χ4v) is 9.26. The summed E-state index contributed by atoms with van der Waals surface area (Å²) in [7, 11) is 0. The Morgan fingerprint density at radius 2 is 1.79 bits per heavy atom. The van der Waals surface area contributed by atoms with Gasteiger partial charge in [0.1, 0.15) is 23.7 Å². The Kier molecular flexibility index (Phi) is 5.41. The van der Waals surface area contributed by atoms with Crippen LogP contribution in [0.5, 0.6) is 0 Å². The molecule has 8 heteroatoms. The largest absolute Gasteiger partial charge is 0.462 e. The molecule has 0 unspecified atom stereocenters. The lowest BCUT2D eigenvalue weighted by molar-refractivity contribution is -0.457. The molecule has 6 fully saturated rings. The highest BCUT2D eigenvalue weighted by Crippen LogP contribution is 2.77. The molecule has 4 saturated carbocycles. The van der Waals surface area contributed by atoms with Crippen molar-refractivity contribution in [3.63, 3.8) is 0 Å². The summed E-state index contributed by atoms with van der Waals surface area (Å²) in [6, 6.07) is 6.93. The van der Waals surface area contributed by atoms with Crippen LogP contribution in [0.1, 0.15) is 62.4 Å². The third-order valence-corrected chi connectivity index (χ3v) is 10.6. The molecule has 2 aliphatic heterocycles. The second-order valence-electron chi connectivity index (χ2n) is 12.8. The molecule has 9 atom stereocenters. The summed E-state index contributed by atoms with van der Waals surface area (Å²) in [6.07, 6.45) is -0.902. The smallest absolute Gasteiger partial charge is 0.338 e. The molecule has 4 bridgehead atoms. The summed E-state index contributed by atoms with van der Waals surface area (Å²) in [6.45, 7) is 11.4. The monoisotopic (exact) mass is 524 g/mol. The molecule has 0 amide bonds. The van der Waals surface area contributed by atoms with Crippen molar-refractivity contribution < 1.29 is 38.8 Å². The number of esters is 2. The Morgan fingerprint density at radius 3 is 2.45 bits per heavy atom. The molecule has 2 saturated heterocycles. The number of hydrogen-bond acceptors (Lipinski definition) is 8. The van der Waals surface area contributed by atoms with Crippen molar-refractivity contribution in [2.75, 3.05) is 6.61 Å². The van der Waals surface area contributed by atoms with Crippen LogP contribution in [-0.4, -0.2) is 58.6 Å². The highest BCUT2D eigenvalue weighted by atomic mass is 16.7. The molecule has 6 aliphatic rings. The number of aliphatic hydroxyl groups is 2. The molecule has 204 valence electrons. The second-order valence-corrected chi connectivity index (χ2v) is 12.8. The van der Waals surface area contributed by atoms with Crippen LogP contribution in [0.2, 0.25) is 0 Å². The third kappa shape index (κ3) is 2.89. The molecular formula is C30H36O8. The van der Waals surface area contributed by atoms with Gasteiger partial charge < -0.3 is 24.4 Å². The number of carbonyl (C=O) groups excluding carboxylic acids is 3. The first-order valence-electron chi connectivity index (χ1n) is 13.5. The van der Waals surface area contributed by atoms with Crippen LogP contribution >= 0.6 is 0 Å². The Bertz CT molecular complexity index is 1240. The number of aliphatic hydroxyl groups excluding tert-OH is 1. The van der Waals surface area contributed by atoms with E-state index in [2.05, 4.69) is 6.58 Å². The molecular weight excluding hydrogens is 488 g/mol. The molecule has 4 aliphatic carbocycles. The lowest BCUT2D eigenvalue weighted by Gasteiger charge is -2.74. The van der Waals surface area contributed by atoms with Gasteiger partial charge in [0.15, 0.2) is 5.78 Å². The molecule has 38 heavy (non-hydrogen) atoms. The first-order chi connectivity index (χ1) is 17.8. The average molecular weight is 525 g/mol. The average Bonchev–Trinajstić information content (AvgIpc) is 2.97. The normalized spacial score (nSPS) is 44.3. The van der Waals surface area contributed by atoms with Crippen molar-refractivity contribution in [2.24, 2.45) is 34.0 Å². The molecule has 1 aromatic rings. The van der Waals surface area contributed by atoms with Crippen LogP contribution in [0, 0.1) is 40.9 Å². The summed E-state index contributed by atoms with van der Waals surface area (Å²) in [5, 5.41) is 24.3. The fraction of sp³-hybridized carbons (Fsp3) is 0.633. The van der Waals surface area contributed by atoms with E-state index in [0.29, 0.717) is 31.2 Å². The van der Waals surface area contributed by atoms with E-state index in [1.165, 1.54) is 6.92 Å². The Morgan fingerprint density at radius 1 is 1.11 bits per heavy atom. The summed E-state index contributed by atoms with van der Waals surface area (Å²) in [4.78, 5) is 39.9. The summed E-state index contributed by atoms with van der Waals surface area (Å²) >= 11 is 0. The number of carbonyl (C=O) groups is 3. The van der Waals surface area contributed by atoms with E-state index in [1.54, 1.807) is 24.3 Å². The topological polar surface area (TPSA) is 119 Å². The Balaban J connectivity index is 1.53. The highest BCUT2D eigenvalue weighted by molar-refractivity contribution is 6.05. The molecule has 2 spiro atoms. The maximum atomic E-state index is 14.3. The highest BCUT2D eigenvalue weighted by Gasteiger charge is 2.88. The summed E-state index contributed by atoms with van der Waals surface area (Å²) in [5.41, 5.74) is -1.55. The van der Waals surface area contributed by atoms with E-state index in [-0.39, 0.29) is 12.2 Å². The van der Waals surface area contributed by atoms with Gasteiger partial charge in [0, 0.05) is 24.2 Å². The van der Waals surface area contributed by atoms with Gasteiger partial charge in [-0.3, -0.25) is 9.59 Å². The number of aryl methyl sites for hydroxylation is 1.